The van der Waals surface area contributed by atoms with Gasteiger partial charge in [-0.05, 0) is 24.3 Å². The lowest BCUT2D eigenvalue weighted by molar-refractivity contribution is 0.0878. The lowest BCUT2D eigenvalue weighted by Crippen LogP contribution is -2.07. The van der Waals surface area contributed by atoms with Crippen molar-refractivity contribution >= 4 is 11.6 Å². The first-order valence-electron chi connectivity index (χ1n) is 4.77. The average molecular weight is 215 g/mol. The second-order valence-electron chi connectivity index (χ2n) is 3.24. The highest BCUT2D eigenvalue weighted by molar-refractivity contribution is 6.12. The molecule has 0 aliphatic heterocycles. The zero-order chi connectivity index (χ0) is 11.4. The van der Waals surface area contributed by atoms with Gasteiger partial charge in [-0.25, -0.2) is 0 Å². The zero-order valence-electron chi connectivity index (χ0n) is 8.42. The summed E-state index contributed by atoms with van der Waals surface area (Å²) in [5.41, 5.74) is 0.433. The van der Waals surface area contributed by atoms with E-state index in [-0.39, 0.29) is 23.7 Å². The molecule has 0 aliphatic rings. The van der Waals surface area contributed by atoms with E-state index in [2.05, 4.69) is 4.98 Å². The van der Waals surface area contributed by atoms with Crippen LogP contribution in [0.15, 0.2) is 47.3 Å². The van der Waals surface area contributed by atoms with Crippen LogP contribution in [0.25, 0.3) is 0 Å². The van der Waals surface area contributed by atoms with E-state index in [1.165, 1.54) is 12.5 Å². The molecule has 0 N–H and O–H groups in total. The van der Waals surface area contributed by atoms with Crippen LogP contribution >= 0.6 is 0 Å². The highest BCUT2D eigenvalue weighted by atomic mass is 16.3. The smallest absolute Gasteiger partial charge is 0.205 e. The van der Waals surface area contributed by atoms with Crippen molar-refractivity contribution in [2.45, 2.75) is 6.42 Å². The Labute approximate surface area is 91.9 Å². The Kier molecular flexibility index (Phi) is 2.91. The summed E-state index contributed by atoms with van der Waals surface area (Å²) in [6, 6.07) is 6.44. The van der Waals surface area contributed by atoms with Crippen LogP contribution in [0.2, 0.25) is 0 Å². The van der Waals surface area contributed by atoms with Gasteiger partial charge >= 0.3 is 0 Å². The van der Waals surface area contributed by atoms with Crippen LogP contribution in [-0.2, 0) is 0 Å². The summed E-state index contributed by atoms with van der Waals surface area (Å²) in [6.45, 7) is 0. The van der Waals surface area contributed by atoms with Crippen LogP contribution in [-0.4, -0.2) is 16.6 Å². The fourth-order valence-electron chi connectivity index (χ4n) is 1.30. The predicted molar refractivity (Wildman–Crippen MR) is 56.2 cm³/mol. The molecular weight excluding hydrogens is 206 g/mol. The summed E-state index contributed by atoms with van der Waals surface area (Å²) in [6.07, 6.45) is 4.23. The van der Waals surface area contributed by atoms with E-state index in [9.17, 15) is 9.59 Å². The molecule has 0 bridgehead atoms. The molecule has 2 rings (SSSR count). The van der Waals surface area contributed by atoms with Crippen molar-refractivity contribution in [1.82, 2.24) is 4.98 Å². The predicted octanol–water partition coefficient (Wildman–Crippen LogP) is 2.13. The van der Waals surface area contributed by atoms with Gasteiger partial charge in [0.2, 0.25) is 5.78 Å². The van der Waals surface area contributed by atoms with Gasteiger partial charge in [-0.15, -0.1) is 0 Å². The summed E-state index contributed by atoms with van der Waals surface area (Å²) in [4.78, 5) is 27.0. The lowest BCUT2D eigenvalue weighted by atomic mass is 10.1. The minimum atomic E-state index is -0.321. The standard InChI is InChI=1S/C12H9NO3/c14-10(9-3-1-5-13-8-9)7-11(15)12-4-2-6-16-12/h1-6,8H,7H2. The highest BCUT2D eigenvalue weighted by Gasteiger charge is 2.15. The third-order valence-electron chi connectivity index (χ3n) is 2.10. The number of carbonyl (C=O) groups excluding carboxylic acids is 2. The molecular formula is C12H9NO3. The molecule has 0 aromatic carbocycles. The number of Topliss-reactive ketones (excluding diaryl/α,β-unsaturated/α-hetero) is 2. The minimum absolute atomic E-state index is 0.195. The molecule has 0 amide bonds. The Balaban J connectivity index is 2.06. The first-order chi connectivity index (χ1) is 7.77. The molecule has 4 heteroatoms. The molecule has 80 valence electrons. The van der Waals surface area contributed by atoms with Gasteiger partial charge < -0.3 is 4.42 Å². The second kappa shape index (κ2) is 4.53. The monoisotopic (exact) mass is 215 g/mol. The van der Waals surface area contributed by atoms with Gasteiger partial charge in [-0.1, -0.05) is 0 Å². The van der Waals surface area contributed by atoms with Gasteiger partial charge in [0.05, 0.1) is 12.7 Å². The van der Waals surface area contributed by atoms with E-state index in [4.69, 9.17) is 4.42 Å². The van der Waals surface area contributed by atoms with Gasteiger partial charge in [-0.3, -0.25) is 14.6 Å². The first-order valence-corrected chi connectivity index (χ1v) is 4.77. The Morgan fingerprint density at radius 1 is 1.19 bits per heavy atom. The number of hydrogen-bond acceptors (Lipinski definition) is 4. The third-order valence-corrected chi connectivity index (χ3v) is 2.10. The topological polar surface area (TPSA) is 60.2 Å². The van der Waals surface area contributed by atoms with Crippen molar-refractivity contribution in [3.63, 3.8) is 0 Å². The number of furan rings is 1. The molecule has 2 aromatic rings. The van der Waals surface area contributed by atoms with E-state index in [0.29, 0.717) is 5.56 Å². The van der Waals surface area contributed by atoms with Crippen molar-refractivity contribution in [2.75, 3.05) is 0 Å². The maximum Gasteiger partial charge on any atom is 0.205 e. The number of aromatic nitrogens is 1. The number of hydrogen-bond donors (Lipinski definition) is 0. The van der Waals surface area contributed by atoms with Gasteiger partial charge in [0.15, 0.2) is 11.5 Å². The Bertz CT molecular complexity index is 488. The van der Waals surface area contributed by atoms with E-state index in [1.807, 2.05) is 0 Å². The van der Waals surface area contributed by atoms with Gasteiger partial charge in [0, 0.05) is 18.0 Å². The van der Waals surface area contributed by atoms with Crippen molar-refractivity contribution < 1.29 is 14.0 Å². The van der Waals surface area contributed by atoms with Crippen molar-refractivity contribution in [1.29, 1.82) is 0 Å². The summed E-state index contributed by atoms with van der Waals surface area (Å²) in [7, 11) is 0. The maximum atomic E-state index is 11.6. The minimum Gasteiger partial charge on any atom is -0.461 e. The quantitative estimate of drug-likeness (QED) is 0.579. The Morgan fingerprint density at radius 3 is 2.69 bits per heavy atom. The normalized spacial score (nSPS) is 10.0. The molecule has 4 nitrogen and oxygen atoms in total. The van der Waals surface area contributed by atoms with E-state index in [1.54, 1.807) is 30.5 Å². The van der Waals surface area contributed by atoms with Crippen LogP contribution in [0.3, 0.4) is 0 Å². The number of ketones is 2. The Morgan fingerprint density at radius 2 is 2.06 bits per heavy atom. The Hall–Kier alpha value is -2.23. The molecule has 0 aliphatic carbocycles. The SMILES string of the molecule is O=C(CC(=O)c1ccco1)c1cccnc1. The molecule has 2 heterocycles. The van der Waals surface area contributed by atoms with Gasteiger partial charge in [0.1, 0.15) is 0 Å². The molecule has 0 radical (unpaired) electrons. The lowest BCUT2D eigenvalue weighted by Gasteiger charge is -1.97. The van der Waals surface area contributed by atoms with Gasteiger partial charge in [-0.2, -0.15) is 0 Å². The largest absolute Gasteiger partial charge is 0.461 e. The van der Waals surface area contributed by atoms with Crippen LogP contribution in [0.4, 0.5) is 0 Å². The number of rotatable bonds is 4. The third kappa shape index (κ3) is 2.23. The van der Waals surface area contributed by atoms with E-state index >= 15 is 0 Å². The van der Waals surface area contributed by atoms with E-state index < -0.39 is 0 Å². The molecule has 0 saturated carbocycles. The number of carbonyl (C=O) groups is 2. The summed E-state index contributed by atoms with van der Waals surface area (Å²) < 4.78 is 4.91. The van der Waals surface area contributed by atoms with Gasteiger partial charge in [0.25, 0.3) is 0 Å². The summed E-state index contributed by atoms with van der Waals surface area (Å²) >= 11 is 0. The molecule has 0 saturated heterocycles. The van der Waals surface area contributed by atoms with Crippen LogP contribution in [0.1, 0.15) is 27.3 Å². The second-order valence-corrected chi connectivity index (χ2v) is 3.24. The molecule has 16 heavy (non-hydrogen) atoms. The van der Waals surface area contributed by atoms with Crippen molar-refractivity contribution in [3.8, 4) is 0 Å². The van der Waals surface area contributed by atoms with Crippen LogP contribution in [0, 0.1) is 0 Å². The maximum absolute atomic E-state index is 11.6. The fourth-order valence-corrected chi connectivity index (χ4v) is 1.30. The van der Waals surface area contributed by atoms with E-state index in [0.717, 1.165) is 0 Å². The molecule has 0 unspecified atom stereocenters. The van der Waals surface area contributed by atoms with Crippen LogP contribution < -0.4 is 0 Å². The zero-order valence-corrected chi connectivity index (χ0v) is 8.42. The van der Waals surface area contributed by atoms with Crippen LogP contribution in [0.5, 0.6) is 0 Å². The molecule has 2 aromatic heterocycles. The fraction of sp³-hybridized carbons (Fsp3) is 0.0833. The summed E-state index contributed by atoms with van der Waals surface area (Å²) in [5.74, 6) is -0.370. The highest BCUT2D eigenvalue weighted by Crippen LogP contribution is 2.08. The van der Waals surface area contributed by atoms with Crippen molar-refractivity contribution in [2.24, 2.45) is 0 Å². The summed E-state index contributed by atoms with van der Waals surface area (Å²) in [5, 5.41) is 0. The number of pyridine rings is 1. The molecule has 0 spiro atoms. The average Bonchev–Trinajstić information content (AvgIpc) is 2.83. The molecule has 0 fully saturated rings. The first kappa shape index (κ1) is 10.3. The number of nitrogens with zero attached hydrogens (tertiary/aromatic N) is 1. The van der Waals surface area contributed by atoms with Crippen molar-refractivity contribution in [3.05, 3.63) is 54.2 Å². The molecule has 0 atom stereocenters.